The highest BCUT2D eigenvalue weighted by Gasteiger charge is 2.11. The van der Waals surface area contributed by atoms with E-state index in [0.29, 0.717) is 16.9 Å². The Labute approximate surface area is 150 Å². The molecule has 0 aliphatic rings. The fourth-order valence-electron chi connectivity index (χ4n) is 2.85. The van der Waals surface area contributed by atoms with Crippen molar-refractivity contribution in [3.8, 4) is 17.0 Å². The Morgan fingerprint density at radius 2 is 1.88 bits per heavy atom. The molecule has 2 aromatic heterocycles. The fraction of sp³-hybridized carbons (Fsp3) is 0.0476. The Morgan fingerprint density at radius 3 is 2.65 bits per heavy atom. The first-order valence-corrected chi connectivity index (χ1v) is 8.25. The standard InChI is InChI=1S/C21H17N3O2/c1-14-11-17(25)7-8-18(14)23-21(26)16-9-10-24-13-19(22-20(24)12-16)15-5-3-2-4-6-15/h2-13,25H,1H3,(H,23,26). The number of amides is 1. The summed E-state index contributed by atoms with van der Waals surface area (Å²) in [6.07, 6.45) is 3.77. The molecule has 0 saturated carbocycles. The maximum absolute atomic E-state index is 12.6. The molecule has 128 valence electrons. The minimum absolute atomic E-state index is 0.174. The van der Waals surface area contributed by atoms with Gasteiger partial charge in [-0.2, -0.15) is 0 Å². The van der Waals surface area contributed by atoms with Crippen LogP contribution in [0.25, 0.3) is 16.9 Å². The second kappa shape index (κ2) is 6.37. The molecular weight excluding hydrogens is 326 g/mol. The molecule has 2 heterocycles. The lowest BCUT2D eigenvalue weighted by molar-refractivity contribution is 0.102. The summed E-state index contributed by atoms with van der Waals surface area (Å²) >= 11 is 0. The number of pyridine rings is 1. The van der Waals surface area contributed by atoms with E-state index >= 15 is 0 Å². The van der Waals surface area contributed by atoms with Crippen molar-refractivity contribution >= 4 is 17.2 Å². The zero-order chi connectivity index (χ0) is 18.1. The van der Waals surface area contributed by atoms with Crippen LogP contribution in [0.15, 0.2) is 73.1 Å². The van der Waals surface area contributed by atoms with E-state index in [0.717, 1.165) is 16.8 Å². The van der Waals surface area contributed by atoms with Gasteiger partial charge in [0.05, 0.1) is 5.69 Å². The monoisotopic (exact) mass is 343 g/mol. The van der Waals surface area contributed by atoms with Gasteiger partial charge in [0.25, 0.3) is 5.91 Å². The third-order valence-corrected chi connectivity index (χ3v) is 4.25. The maximum atomic E-state index is 12.6. The third kappa shape index (κ3) is 3.02. The van der Waals surface area contributed by atoms with Gasteiger partial charge in [-0.15, -0.1) is 0 Å². The Bertz CT molecular complexity index is 1100. The number of anilines is 1. The smallest absolute Gasteiger partial charge is 0.255 e. The van der Waals surface area contributed by atoms with Gasteiger partial charge >= 0.3 is 0 Å². The number of hydrogen-bond donors (Lipinski definition) is 2. The predicted octanol–water partition coefficient (Wildman–Crippen LogP) is 4.27. The summed E-state index contributed by atoms with van der Waals surface area (Å²) in [5, 5.41) is 12.3. The molecule has 5 heteroatoms. The first-order valence-electron chi connectivity index (χ1n) is 8.25. The number of imidazole rings is 1. The molecule has 0 saturated heterocycles. The van der Waals surface area contributed by atoms with Crippen molar-refractivity contribution in [2.75, 3.05) is 5.32 Å². The van der Waals surface area contributed by atoms with Gasteiger partial charge in [-0.3, -0.25) is 4.79 Å². The second-order valence-electron chi connectivity index (χ2n) is 6.13. The molecule has 0 aliphatic carbocycles. The Hall–Kier alpha value is -3.60. The van der Waals surface area contributed by atoms with Crippen LogP contribution < -0.4 is 5.32 Å². The molecule has 0 fully saturated rings. The predicted molar refractivity (Wildman–Crippen MR) is 101 cm³/mol. The van der Waals surface area contributed by atoms with Gasteiger partial charge in [-0.05, 0) is 42.8 Å². The van der Waals surface area contributed by atoms with E-state index in [1.807, 2.05) is 54.0 Å². The molecule has 0 atom stereocenters. The number of hydrogen-bond acceptors (Lipinski definition) is 3. The zero-order valence-electron chi connectivity index (χ0n) is 14.2. The first kappa shape index (κ1) is 15.9. The van der Waals surface area contributed by atoms with Crippen LogP contribution in [-0.2, 0) is 0 Å². The summed E-state index contributed by atoms with van der Waals surface area (Å²) in [4.78, 5) is 17.2. The van der Waals surface area contributed by atoms with Gasteiger partial charge in [0.1, 0.15) is 11.4 Å². The summed E-state index contributed by atoms with van der Waals surface area (Å²) in [5.41, 5.74) is 4.58. The number of carbonyl (C=O) groups excluding carboxylic acids is 1. The molecule has 4 rings (SSSR count). The summed E-state index contributed by atoms with van der Waals surface area (Å²) in [6.45, 7) is 1.83. The average molecular weight is 343 g/mol. The van der Waals surface area contributed by atoms with Crippen molar-refractivity contribution in [1.82, 2.24) is 9.38 Å². The van der Waals surface area contributed by atoms with E-state index in [4.69, 9.17) is 0 Å². The van der Waals surface area contributed by atoms with Crippen LogP contribution in [0, 0.1) is 6.92 Å². The normalized spacial score (nSPS) is 10.8. The number of aromatic hydroxyl groups is 1. The van der Waals surface area contributed by atoms with Crippen LogP contribution in [0.3, 0.4) is 0 Å². The minimum atomic E-state index is -0.217. The highest BCUT2D eigenvalue weighted by atomic mass is 16.3. The van der Waals surface area contributed by atoms with E-state index in [1.165, 1.54) is 0 Å². The minimum Gasteiger partial charge on any atom is -0.508 e. The lowest BCUT2D eigenvalue weighted by atomic mass is 10.1. The molecule has 5 nitrogen and oxygen atoms in total. The average Bonchev–Trinajstić information content (AvgIpc) is 3.08. The number of phenols is 1. The van der Waals surface area contributed by atoms with E-state index in [-0.39, 0.29) is 11.7 Å². The van der Waals surface area contributed by atoms with Crippen molar-refractivity contribution in [3.63, 3.8) is 0 Å². The Morgan fingerprint density at radius 1 is 1.08 bits per heavy atom. The largest absolute Gasteiger partial charge is 0.508 e. The maximum Gasteiger partial charge on any atom is 0.255 e. The number of benzene rings is 2. The molecule has 1 amide bonds. The van der Waals surface area contributed by atoms with Gasteiger partial charge in [-0.25, -0.2) is 4.98 Å². The van der Waals surface area contributed by atoms with Gasteiger partial charge in [-0.1, -0.05) is 30.3 Å². The molecule has 4 aromatic rings. The summed E-state index contributed by atoms with van der Waals surface area (Å²) in [6, 6.07) is 18.3. The van der Waals surface area contributed by atoms with Gasteiger partial charge in [0.2, 0.25) is 0 Å². The number of nitrogens with one attached hydrogen (secondary N) is 1. The van der Waals surface area contributed by atoms with Crippen molar-refractivity contribution in [2.45, 2.75) is 6.92 Å². The Balaban J connectivity index is 1.63. The number of nitrogens with zero attached hydrogens (tertiary/aromatic N) is 2. The van der Waals surface area contributed by atoms with Crippen LogP contribution in [0.1, 0.15) is 15.9 Å². The molecular formula is C21H17N3O2. The molecule has 0 aliphatic heterocycles. The fourth-order valence-corrected chi connectivity index (χ4v) is 2.85. The summed E-state index contributed by atoms with van der Waals surface area (Å²) in [5.74, 6) is -0.0432. The summed E-state index contributed by atoms with van der Waals surface area (Å²) < 4.78 is 1.89. The molecule has 0 bridgehead atoms. The molecule has 2 aromatic carbocycles. The van der Waals surface area contributed by atoms with Crippen molar-refractivity contribution in [2.24, 2.45) is 0 Å². The Kier molecular flexibility index (Phi) is 3.89. The van der Waals surface area contributed by atoms with Crippen LogP contribution in [0.4, 0.5) is 5.69 Å². The molecule has 0 radical (unpaired) electrons. The highest BCUT2D eigenvalue weighted by Crippen LogP contribution is 2.22. The third-order valence-electron chi connectivity index (χ3n) is 4.25. The van der Waals surface area contributed by atoms with E-state index in [1.54, 1.807) is 30.3 Å². The number of rotatable bonds is 3. The van der Waals surface area contributed by atoms with Crippen LogP contribution in [0.5, 0.6) is 5.75 Å². The molecule has 0 spiro atoms. The van der Waals surface area contributed by atoms with Gasteiger partial charge in [0, 0.05) is 29.2 Å². The quantitative estimate of drug-likeness (QED) is 0.546. The van der Waals surface area contributed by atoms with E-state index in [9.17, 15) is 9.90 Å². The van der Waals surface area contributed by atoms with Crippen molar-refractivity contribution in [1.29, 1.82) is 0 Å². The molecule has 0 unspecified atom stereocenters. The van der Waals surface area contributed by atoms with Crippen molar-refractivity contribution < 1.29 is 9.90 Å². The molecule has 2 N–H and O–H groups in total. The highest BCUT2D eigenvalue weighted by molar-refractivity contribution is 6.05. The van der Waals surface area contributed by atoms with Crippen LogP contribution in [0.2, 0.25) is 0 Å². The number of aromatic nitrogens is 2. The topological polar surface area (TPSA) is 66.6 Å². The van der Waals surface area contributed by atoms with Crippen LogP contribution >= 0.6 is 0 Å². The molecule has 26 heavy (non-hydrogen) atoms. The SMILES string of the molecule is Cc1cc(O)ccc1NC(=O)c1ccn2cc(-c3ccccc3)nc2c1. The first-order chi connectivity index (χ1) is 12.6. The number of carbonyl (C=O) groups is 1. The number of phenolic OH excluding ortho intramolecular Hbond substituents is 1. The second-order valence-corrected chi connectivity index (χ2v) is 6.13. The lowest BCUT2D eigenvalue weighted by Gasteiger charge is -2.09. The van der Waals surface area contributed by atoms with E-state index < -0.39 is 0 Å². The lowest BCUT2D eigenvalue weighted by Crippen LogP contribution is -2.13. The zero-order valence-corrected chi connectivity index (χ0v) is 14.2. The van der Waals surface area contributed by atoms with Gasteiger partial charge in [0.15, 0.2) is 0 Å². The van der Waals surface area contributed by atoms with Gasteiger partial charge < -0.3 is 14.8 Å². The number of fused-ring (bicyclic) bond motifs is 1. The number of aryl methyl sites for hydroxylation is 1. The van der Waals surface area contributed by atoms with E-state index in [2.05, 4.69) is 10.3 Å². The summed E-state index contributed by atoms with van der Waals surface area (Å²) in [7, 11) is 0. The van der Waals surface area contributed by atoms with Crippen LogP contribution in [-0.4, -0.2) is 20.4 Å². The van der Waals surface area contributed by atoms with Crippen molar-refractivity contribution in [3.05, 3.63) is 84.2 Å².